The number of anilines is 1. The third-order valence-corrected chi connectivity index (χ3v) is 4.72. The van der Waals surface area contributed by atoms with Crippen molar-refractivity contribution in [3.05, 3.63) is 24.3 Å². The molecule has 0 aromatic heterocycles. The molecule has 1 rings (SSSR count). The monoisotopic (exact) mass is 287 g/mol. The van der Waals surface area contributed by atoms with Crippen LogP contribution in [0.3, 0.4) is 0 Å². The van der Waals surface area contributed by atoms with E-state index in [1.165, 1.54) is 0 Å². The molecule has 7 heteroatoms. The first-order valence-corrected chi connectivity index (χ1v) is 7.47. The summed E-state index contributed by atoms with van der Waals surface area (Å²) in [4.78, 5) is 10.6. The zero-order chi connectivity index (χ0) is 14.5. The summed E-state index contributed by atoms with van der Waals surface area (Å²) in [6.45, 7) is 1.35. The van der Waals surface area contributed by atoms with Crippen LogP contribution in [0.2, 0.25) is 0 Å². The first kappa shape index (κ1) is 15.3. The van der Waals surface area contributed by atoms with Crippen molar-refractivity contribution in [2.24, 2.45) is 0 Å². The van der Waals surface area contributed by atoms with E-state index in [2.05, 4.69) is 0 Å². The third kappa shape index (κ3) is 4.78. The second-order valence-electron chi connectivity index (χ2n) is 4.12. The predicted molar refractivity (Wildman–Crippen MR) is 71.9 cm³/mol. The fourth-order valence-electron chi connectivity index (χ4n) is 1.38. The molecule has 0 aliphatic heterocycles. The summed E-state index contributed by atoms with van der Waals surface area (Å²) in [5.74, 6) is -0.997. The lowest BCUT2D eigenvalue weighted by molar-refractivity contribution is -0.136. The Balaban J connectivity index is 2.41. The summed E-state index contributed by atoms with van der Waals surface area (Å²) in [6.07, 6.45) is 0.231. The van der Waals surface area contributed by atoms with Crippen LogP contribution in [-0.2, 0) is 14.6 Å². The van der Waals surface area contributed by atoms with E-state index in [1.807, 2.05) is 0 Å². The third-order valence-electron chi connectivity index (χ3n) is 2.59. The second-order valence-corrected chi connectivity index (χ2v) is 6.56. The summed E-state index contributed by atoms with van der Waals surface area (Å²) < 4.78 is 28.5. The van der Waals surface area contributed by atoms with Gasteiger partial charge in [-0.15, -0.1) is 0 Å². The normalized spacial score (nSPS) is 12.9. The first-order valence-electron chi connectivity index (χ1n) is 5.75. The van der Waals surface area contributed by atoms with Gasteiger partial charge in [0.25, 0.3) is 0 Å². The van der Waals surface area contributed by atoms with Gasteiger partial charge in [0.15, 0.2) is 15.1 Å². The van der Waals surface area contributed by atoms with E-state index < -0.39 is 21.1 Å². The number of sulfone groups is 1. The summed E-state index contributed by atoms with van der Waals surface area (Å²) >= 11 is 0. The topological polar surface area (TPSA) is 107 Å². The van der Waals surface area contributed by atoms with Crippen LogP contribution in [0.1, 0.15) is 13.3 Å². The van der Waals surface area contributed by atoms with Crippen LogP contribution in [0, 0.1) is 0 Å². The number of ether oxygens (including phenoxy) is 1. The molecule has 0 radical (unpaired) electrons. The molecule has 19 heavy (non-hydrogen) atoms. The van der Waals surface area contributed by atoms with Gasteiger partial charge in [-0.05, 0) is 25.5 Å². The maximum absolute atomic E-state index is 11.6. The van der Waals surface area contributed by atoms with Crippen LogP contribution >= 0.6 is 0 Å². The Hall–Kier alpha value is -1.76. The standard InChI is InChI=1S/C12H17NO5S/c1-9(12(14)15)19(16,17)7-3-6-18-11-5-2-4-10(13)8-11/h2,4-5,8-9H,3,6-7,13H2,1H3,(H,14,15). The molecular weight excluding hydrogens is 270 g/mol. The van der Waals surface area contributed by atoms with E-state index in [-0.39, 0.29) is 18.8 Å². The smallest absolute Gasteiger partial charge is 0.321 e. The number of carbonyl (C=O) groups is 1. The highest BCUT2D eigenvalue weighted by molar-refractivity contribution is 7.92. The van der Waals surface area contributed by atoms with E-state index in [1.54, 1.807) is 24.3 Å². The highest BCUT2D eigenvalue weighted by Gasteiger charge is 2.26. The molecule has 1 atom stereocenters. The van der Waals surface area contributed by atoms with Gasteiger partial charge in [0.2, 0.25) is 0 Å². The number of carboxylic acids is 1. The van der Waals surface area contributed by atoms with Gasteiger partial charge in [-0.1, -0.05) is 6.07 Å². The number of nitrogens with two attached hydrogens (primary N) is 1. The Morgan fingerprint density at radius 2 is 2.16 bits per heavy atom. The molecule has 0 heterocycles. The quantitative estimate of drug-likeness (QED) is 0.570. The lowest BCUT2D eigenvalue weighted by Gasteiger charge is -2.09. The molecule has 3 N–H and O–H groups in total. The number of benzene rings is 1. The SMILES string of the molecule is CC(C(=O)O)S(=O)(=O)CCCOc1cccc(N)c1. The molecule has 0 fully saturated rings. The number of nitrogen functional groups attached to an aromatic ring is 1. The molecule has 0 amide bonds. The molecule has 0 aliphatic carbocycles. The fourth-order valence-corrected chi connectivity index (χ4v) is 2.57. The molecule has 1 unspecified atom stereocenters. The molecule has 1 aromatic rings. The average Bonchev–Trinajstić information content (AvgIpc) is 2.33. The number of aliphatic carboxylic acids is 1. The van der Waals surface area contributed by atoms with E-state index in [9.17, 15) is 13.2 Å². The lowest BCUT2D eigenvalue weighted by atomic mass is 10.3. The number of hydrogen-bond donors (Lipinski definition) is 2. The van der Waals surface area contributed by atoms with Crippen molar-refractivity contribution in [1.29, 1.82) is 0 Å². The van der Waals surface area contributed by atoms with Crippen LogP contribution in [0.5, 0.6) is 5.75 Å². The highest BCUT2D eigenvalue weighted by atomic mass is 32.2. The van der Waals surface area contributed by atoms with Gasteiger partial charge in [-0.25, -0.2) is 8.42 Å². The Morgan fingerprint density at radius 3 is 2.74 bits per heavy atom. The van der Waals surface area contributed by atoms with Gasteiger partial charge < -0.3 is 15.6 Å². The lowest BCUT2D eigenvalue weighted by Crippen LogP contribution is -2.29. The minimum Gasteiger partial charge on any atom is -0.493 e. The molecule has 0 aliphatic rings. The Labute approximate surface area is 112 Å². The molecule has 0 bridgehead atoms. The Kier molecular flexibility index (Phi) is 5.17. The van der Waals surface area contributed by atoms with Crippen LogP contribution < -0.4 is 10.5 Å². The zero-order valence-corrected chi connectivity index (χ0v) is 11.4. The van der Waals surface area contributed by atoms with E-state index >= 15 is 0 Å². The van der Waals surface area contributed by atoms with E-state index in [4.69, 9.17) is 15.6 Å². The average molecular weight is 287 g/mol. The minimum atomic E-state index is -3.63. The van der Waals surface area contributed by atoms with Crippen LogP contribution in [0.15, 0.2) is 24.3 Å². The Bertz CT molecular complexity index is 541. The van der Waals surface area contributed by atoms with Crippen molar-refractivity contribution in [2.75, 3.05) is 18.1 Å². The first-order chi connectivity index (χ1) is 8.83. The van der Waals surface area contributed by atoms with Crippen molar-refractivity contribution >= 4 is 21.5 Å². The van der Waals surface area contributed by atoms with Crippen LogP contribution in [0.4, 0.5) is 5.69 Å². The summed E-state index contributed by atoms with van der Waals surface area (Å²) in [7, 11) is -3.63. The molecule has 0 spiro atoms. The van der Waals surface area contributed by atoms with Gasteiger partial charge in [-0.2, -0.15) is 0 Å². The van der Waals surface area contributed by atoms with Crippen LogP contribution in [0.25, 0.3) is 0 Å². The van der Waals surface area contributed by atoms with E-state index in [0.717, 1.165) is 6.92 Å². The van der Waals surface area contributed by atoms with Crippen molar-refractivity contribution in [2.45, 2.75) is 18.6 Å². The van der Waals surface area contributed by atoms with Gasteiger partial charge in [-0.3, -0.25) is 4.79 Å². The predicted octanol–water partition coefficient (Wildman–Crippen LogP) is 0.926. The molecule has 0 saturated heterocycles. The second kappa shape index (κ2) is 6.42. The van der Waals surface area contributed by atoms with Gasteiger partial charge in [0.1, 0.15) is 5.75 Å². The number of hydrogen-bond acceptors (Lipinski definition) is 5. The zero-order valence-electron chi connectivity index (χ0n) is 10.6. The highest BCUT2D eigenvalue weighted by Crippen LogP contribution is 2.14. The summed E-state index contributed by atoms with van der Waals surface area (Å²) in [6, 6.07) is 6.79. The van der Waals surface area contributed by atoms with E-state index in [0.29, 0.717) is 11.4 Å². The van der Waals surface area contributed by atoms with Crippen molar-refractivity contribution in [1.82, 2.24) is 0 Å². The van der Waals surface area contributed by atoms with Gasteiger partial charge in [0.05, 0.1) is 12.4 Å². The van der Waals surface area contributed by atoms with Gasteiger partial charge >= 0.3 is 5.97 Å². The molecular formula is C12H17NO5S. The van der Waals surface area contributed by atoms with Crippen molar-refractivity contribution in [3.8, 4) is 5.75 Å². The summed E-state index contributed by atoms with van der Waals surface area (Å²) in [5.41, 5.74) is 6.12. The minimum absolute atomic E-state index is 0.190. The maximum atomic E-state index is 11.6. The maximum Gasteiger partial charge on any atom is 0.321 e. The Morgan fingerprint density at radius 1 is 1.47 bits per heavy atom. The number of carboxylic acid groups (broad SMARTS) is 1. The fraction of sp³-hybridized carbons (Fsp3) is 0.417. The van der Waals surface area contributed by atoms with Crippen LogP contribution in [-0.4, -0.2) is 37.1 Å². The number of rotatable bonds is 7. The summed E-state index contributed by atoms with van der Waals surface area (Å²) in [5, 5.41) is 7.27. The molecule has 106 valence electrons. The molecule has 1 aromatic carbocycles. The molecule has 6 nitrogen and oxygen atoms in total. The largest absolute Gasteiger partial charge is 0.493 e. The van der Waals surface area contributed by atoms with Crippen molar-refractivity contribution in [3.63, 3.8) is 0 Å². The van der Waals surface area contributed by atoms with Gasteiger partial charge in [0, 0.05) is 11.8 Å². The van der Waals surface area contributed by atoms with Crippen molar-refractivity contribution < 1.29 is 23.1 Å². The molecule has 0 saturated carbocycles.